The van der Waals surface area contributed by atoms with Crippen LogP contribution in [0.1, 0.15) is 32.3 Å². The number of esters is 1. The Morgan fingerprint density at radius 1 is 1.21 bits per heavy atom. The minimum atomic E-state index is -3.79. The van der Waals surface area contributed by atoms with E-state index >= 15 is 0 Å². The molecule has 2 N–H and O–H groups in total. The fraction of sp³-hybridized carbons (Fsp3) is 0.500. The predicted molar refractivity (Wildman–Crippen MR) is 89.8 cm³/mol. The molecule has 8 heteroatoms. The molecule has 0 heterocycles. The SMILES string of the molecule is CCC[C@H](C)NC(=O)COC(=O)CNS(=O)(=O)c1ccc(C)cc1. The van der Waals surface area contributed by atoms with Crippen LogP contribution in [0.25, 0.3) is 0 Å². The molecular formula is C16H24N2O5S. The molecule has 0 saturated heterocycles. The van der Waals surface area contributed by atoms with Crippen molar-refractivity contribution in [3.05, 3.63) is 29.8 Å². The number of carbonyl (C=O) groups excluding carboxylic acids is 2. The van der Waals surface area contributed by atoms with Gasteiger partial charge >= 0.3 is 5.97 Å². The van der Waals surface area contributed by atoms with Crippen molar-refractivity contribution in [1.82, 2.24) is 10.0 Å². The molecular weight excluding hydrogens is 332 g/mol. The third kappa shape index (κ3) is 7.10. The summed E-state index contributed by atoms with van der Waals surface area (Å²) < 4.78 is 30.9. The van der Waals surface area contributed by atoms with Crippen molar-refractivity contribution in [2.24, 2.45) is 0 Å². The molecule has 1 amide bonds. The highest BCUT2D eigenvalue weighted by Crippen LogP contribution is 2.09. The van der Waals surface area contributed by atoms with E-state index in [2.05, 4.69) is 10.0 Å². The maximum Gasteiger partial charge on any atom is 0.321 e. The van der Waals surface area contributed by atoms with E-state index in [0.29, 0.717) is 0 Å². The molecule has 0 saturated carbocycles. The number of aryl methyl sites for hydroxylation is 1. The zero-order valence-corrected chi connectivity index (χ0v) is 15.0. The third-order valence-corrected chi connectivity index (χ3v) is 4.65. The highest BCUT2D eigenvalue weighted by atomic mass is 32.2. The zero-order valence-electron chi connectivity index (χ0n) is 14.2. The van der Waals surface area contributed by atoms with Gasteiger partial charge in [-0.15, -0.1) is 0 Å². The molecule has 1 rings (SSSR count). The molecule has 0 aliphatic carbocycles. The lowest BCUT2D eigenvalue weighted by Crippen LogP contribution is -2.37. The van der Waals surface area contributed by atoms with Crippen molar-refractivity contribution in [1.29, 1.82) is 0 Å². The Labute approximate surface area is 142 Å². The first-order chi connectivity index (χ1) is 11.2. The van der Waals surface area contributed by atoms with Gasteiger partial charge in [0.1, 0.15) is 6.54 Å². The van der Waals surface area contributed by atoms with Gasteiger partial charge in [0.15, 0.2) is 6.61 Å². The smallest absolute Gasteiger partial charge is 0.321 e. The summed E-state index contributed by atoms with van der Waals surface area (Å²) in [5, 5.41) is 2.68. The van der Waals surface area contributed by atoms with Crippen LogP contribution in [0.15, 0.2) is 29.2 Å². The van der Waals surface area contributed by atoms with Gasteiger partial charge in [-0.3, -0.25) is 9.59 Å². The van der Waals surface area contributed by atoms with Crippen molar-refractivity contribution in [3.8, 4) is 0 Å². The summed E-state index contributed by atoms with van der Waals surface area (Å²) in [4.78, 5) is 23.2. The molecule has 1 atom stereocenters. The van der Waals surface area contributed by atoms with Gasteiger partial charge < -0.3 is 10.1 Å². The van der Waals surface area contributed by atoms with Crippen LogP contribution < -0.4 is 10.0 Å². The van der Waals surface area contributed by atoms with E-state index in [0.717, 1.165) is 18.4 Å². The van der Waals surface area contributed by atoms with Crippen molar-refractivity contribution >= 4 is 21.9 Å². The monoisotopic (exact) mass is 356 g/mol. The summed E-state index contributed by atoms with van der Waals surface area (Å²) in [6, 6.07) is 6.22. The Morgan fingerprint density at radius 3 is 2.42 bits per heavy atom. The summed E-state index contributed by atoms with van der Waals surface area (Å²) in [6.45, 7) is 4.74. The van der Waals surface area contributed by atoms with Gasteiger partial charge in [0.25, 0.3) is 5.91 Å². The predicted octanol–water partition coefficient (Wildman–Crippen LogP) is 1.12. The first kappa shape index (κ1) is 20.1. The Balaban J connectivity index is 2.40. The largest absolute Gasteiger partial charge is 0.455 e. The summed E-state index contributed by atoms with van der Waals surface area (Å²) in [5.74, 6) is -1.23. The lowest BCUT2D eigenvalue weighted by Gasteiger charge is -2.13. The number of nitrogens with one attached hydrogen (secondary N) is 2. The van der Waals surface area contributed by atoms with E-state index in [1.54, 1.807) is 12.1 Å². The van der Waals surface area contributed by atoms with E-state index < -0.39 is 35.1 Å². The van der Waals surface area contributed by atoms with Gasteiger partial charge in [0, 0.05) is 6.04 Å². The number of carbonyl (C=O) groups is 2. The molecule has 1 aromatic rings. The second-order valence-electron chi connectivity index (χ2n) is 5.56. The van der Waals surface area contributed by atoms with Crippen LogP contribution in [0.4, 0.5) is 0 Å². The topological polar surface area (TPSA) is 102 Å². The Kier molecular flexibility index (Phi) is 7.87. The highest BCUT2D eigenvalue weighted by molar-refractivity contribution is 7.89. The standard InChI is InChI=1S/C16H24N2O5S/c1-4-5-13(3)18-15(19)11-23-16(20)10-17-24(21,22)14-8-6-12(2)7-9-14/h6-9,13,17H,4-5,10-11H2,1-3H3,(H,18,19)/t13-/m0/s1. The fourth-order valence-electron chi connectivity index (χ4n) is 1.97. The molecule has 0 fully saturated rings. The number of amides is 1. The van der Waals surface area contributed by atoms with Gasteiger partial charge in [-0.1, -0.05) is 31.0 Å². The molecule has 0 spiro atoms. The minimum absolute atomic E-state index is 0.00115. The van der Waals surface area contributed by atoms with E-state index in [1.807, 2.05) is 20.8 Å². The fourth-order valence-corrected chi connectivity index (χ4v) is 2.94. The van der Waals surface area contributed by atoms with Gasteiger partial charge in [-0.05, 0) is 32.4 Å². The van der Waals surface area contributed by atoms with Gasteiger partial charge in [-0.2, -0.15) is 4.72 Å². The summed E-state index contributed by atoms with van der Waals surface area (Å²) >= 11 is 0. The third-order valence-electron chi connectivity index (χ3n) is 3.23. The van der Waals surface area contributed by atoms with Crippen molar-refractivity contribution < 1.29 is 22.7 Å². The molecule has 0 aliphatic heterocycles. The van der Waals surface area contributed by atoms with Gasteiger partial charge in [0.05, 0.1) is 4.90 Å². The number of hydrogen-bond acceptors (Lipinski definition) is 5. The molecule has 0 aliphatic rings. The first-order valence-electron chi connectivity index (χ1n) is 7.76. The molecule has 0 unspecified atom stereocenters. The summed E-state index contributed by atoms with van der Waals surface area (Å²) in [7, 11) is -3.79. The van der Waals surface area contributed by atoms with Crippen LogP contribution in [0, 0.1) is 6.92 Å². The molecule has 24 heavy (non-hydrogen) atoms. The van der Waals surface area contributed by atoms with E-state index in [9.17, 15) is 18.0 Å². The number of rotatable bonds is 9. The molecule has 0 bridgehead atoms. The number of hydrogen-bond donors (Lipinski definition) is 2. The number of sulfonamides is 1. The van der Waals surface area contributed by atoms with Crippen molar-refractivity contribution in [3.63, 3.8) is 0 Å². The van der Waals surface area contributed by atoms with Gasteiger partial charge in [-0.25, -0.2) is 8.42 Å². The molecule has 0 aromatic heterocycles. The minimum Gasteiger partial charge on any atom is -0.455 e. The van der Waals surface area contributed by atoms with Crippen molar-refractivity contribution in [2.75, 3.05) is 13.2 Å². The molecule has 1 aromatic carbocycles. The van der Waals surface area contributed by atoms with Crippen LogP contribution >= 0.6 is 0 Å². The Morgan fingerprint density at radius 2 is 1.83 bits per heavy atom. The lowest BCUT2D eigenvalue weighted by molar-refractivity contribution is -0.147. The van der Waals surface area contributed by atoms with Gasteiger partial charge in [0.2, 0.25) is 10.0 Å². The van der Waals surface area contributed by atoms with Crippen LogP contribution in [0.3, 0.4) is 0 Å². The second kappa shape index (κ2) is 9.39. The van der Waals surface area contributed by atoms with E-state index in [-0.39, 0.29) is 10.9 Å². The average Bonchev–Trinajstić information content (AvgIpc) is 2.51. The highest BCUT2D eigenvalue weighted by Gasteiger charge is 2.16. The van der Waals surface area contributed by atoms with Crippen LogP contribution in [0.2, 0.25) is 0 Å². The van der Waals surface area contributed by atoms with Crippen molar-refractivity contribution in [2.45, 2.75) is 44.6 Å². The summed E-state index contributed by atoms with van der Waals surface area (Å²) in [6.07, 6.45) is 1.76. The van der Waals surface area contributed by atoms with Crippen LogP contribution in [0.5, 0.6) is 0 Å². The summed E-state index contributed by atoms with van der Waals surface area (Å²) in [5.41, 5.74) is 0.927. The Bertz CT molecular complexity index is 656. The Hall–Kier alpha value is -1.93. The molecule has 134 valence electrons. The van der Waals surface area contributed by atoms with E-state index in [4.69, 9.17) is 4.74 Å². The molecule has 0 radical (unpaired) electrons. The lowest BCUT2D eigenvalue weighted by atomic mass is 10.2. The molecule has 7 nitrogen and oxygen atoms in total. The maximum atomic E-state index is 12.0. The van der Waals surface area contributed by atoms with Crippen LogP contribution in [-0.2, 0) is 24.3 Å². The second-order valence-corrected chi connectivity index (χ2v) is 7.32. The maximum absolute atomic E-state index is 12.0. The average molecular weight is 356 g/mol. The zero-order chi connectivity index (χ0) is 18.2. The number of ether oxygens (including phenoxy) is 1. The number of benzene rings is 1. The van der Waals surface area contributed by atoms with Crippen LogP contribution in [-0.4, -0.2) is 39.5 Å². The van der Waals surface area contributed by atoms with E-state index in [1.165, 1.54) is 12.1 Å². The normalized spacial score (nSPS) is 12.5. The first-order valence-corrected chi connectivity index (χ1v) is 9.24. The quantitative estimate of drug-likeness (QED) is 0.646.